The van der Waals surface area contributed by atoms with Crippen LogP contribution in [-0.4, -0.2) is 31.7 Å². The molecule has 5 nitrogen and oxygen atoms in total. The van der Waals surface area contributed by atoms with Gasteiger partial charge in [-0.3, -0.25) is 0 Å². The molecule has 4 rings (SSSR count). The third kappa shape index (κ3) is 4.12. The minimum atomic E-state index is -0.114. The highest BCUT2D eigenvalue weighted by Gasteiger charge is 2.35. The molecule has 0 aliphatic carbocycles. The molecule has 0 unspecified atom stereocenters. The number of carbonyl (C=O) groups excluding carboxylic acids is 1. The van der Waals surface area contributed by atoms with Gasteiger partial charge in [-0.2, -0.15) is 0 Å². The van der Waals surface area contributed by atoms with Gasteiger partial charge in [0.15, 0.2) is 0 Å². The molecule has 162 valence electrons. The van der Waals surface area contributed by atoms with E-state index in [-0.39, 0.29) is 12.1 Å². The first-order valence-electron chi connectivity index (χ1n) is 10.5. The number of carbonyl (C=O) groups is 1. The number of amides is 2. The van der Waals surface area contributed by atoms with Crippen LogP contribution in [0.15, 0.2) is 48.5 Å². The number of fused-ring (bicyclic) bond motifs is 1. The lowest BCUT2D eigenvalue weighted by Crippen LogP contribution is -2.42. The molecule has 1 aromatic heterocycles. The number of anilines is 1. The van der Waals surface area contributed by atoms with Crippen LogP contribution in [0, 0.1) is 6.92 Å². The molecule has 0 saturated heterocycles. The molecule has 2 amide bonds. The first-order valence-corrected chi connectivity index (χ1v) is 11.3. The number of aryl methyl sites for hydroxylation is 1. The summed E-state index contributed by atoms with van der Waals surface area (Å²) in [5, 5.41) is 3.06. The van der Waals surface area contributed by atoms with Crippen molar-refractivity contribution in [3.05, 3.63) is 75.0 Å². The molecule has 1 aliphatic heterocycles. The van der Waals surface area contributed by atoms with E-state index in [1.54, 1.807) is 14.2 Å². The van der Waals surface area contributed by atoms with Gasteiger partial charge in [0.1, 0.15) is 11.5 Å². The van der Waals surface area contributed by atoms with Crippen molar-refractivity contribution in [1.82, 2.24) is 4.90 Å². The minimum Gasteiger partial charge on any atom is -0.497 e. The van der Waals surface area contributed by atoms with E-state index >= 15 is 0 Å². The van der Waals surface area contributed by atoms with Gasteiger partial charge in [-0.1, -0.05) is 19.1 Å². The standard InChI is InChI=1S/C25H28N2O3S/c1-5-21-16(2)31-24-22(21)14-15-27(23(24)17-6-10-19(29-3)11-7-17)25(28)26-18-8-12-20(30-4)13-9-18/h6-13,23H,5,14-15H2,1-4H3,(H,26,28)/t23-/m1/s1. The second kappa shape index (κ2) is 9.02. The predicted molar refractivity (Wildman–Crippen MR) is 126 cm³/mol. The van der Waals surface area contributed by atoms with Gasteiger partial charge in [-0.15, -0.1) is 11.3 Å². The Hall–Kier alpha value is -2.99. The van der Waals surface area contributed by atoms with Crippen LogP contribution in [0.3, 0.4) is 0 Å². The number of hydrogen-bond donors (Lipinski definition) is 1. The van der Waals surface area contributed by atoms with E-state index in [0.717, 1.165) is 35.6 Å². The molecule has 0 spiro atoms. The number of urea groups is 1. The van der Waals surface area contributed by atoms with Crippen LogP contribution in [0.1, 0.15) is 39.4 Å². The summed E-state index contributed by atoms with van der Waals surface area (Å²) in [5.74, 6) is 1.57. The summed E-state index contributed by atoms with van der Waals surface area (Å²) in [6.45, 7) is 5.07. The Kier molecular flexibility index (Phi) is 6.18. The molecule has 0 radical (unpaired) electrons. The third-order valence-corrected chi connectivity index (χ3v) is 7.14. The Labute approximate surface area is 187 Å². The Bertz CT molecular complexity index is 1060. The van der Waals surface area contributed by atoms with E-state index < -0.39 is 0 Å². The highest BCUT2D eigenvalue weighted by atomic mass is 32.1. The van der Waals surface area contributed by atoms with E-state index in [4.69, 9.17) is 9.47 Å². The van der Waals surface area contributed by atoms with Gasteiger partial charge < -0.3 is 19.7 Å². The van der Waals surface area contributed by atoms with Crippen LogP contribution in [-0.2, 0) is 12.8 Å². The van der Waals surface area contributed by atoms with E-state index in [2.05, 4.69) is 31.3 Å². The van der Waals surface area contributed by atoms with Crippen LogP contribution >= 0.6 is 11.3 Å². The molecular weight excluding hydrogens is 408 g/mol. The summed E-state index contributed by atoms with van der Waals surface area (Å²) in [7, 11) is 3.30. The summed E-state index contributed by atoms with van der Waals surface area (Å²) in [6.07, 6.45) is 1.90. The normalized spacial score (nSPS) is 15.4. The number of methoxy groups -OCH3 is 2. The maximum Gasteiger partial charge on any atom is 0.322 e. The van der Waals surface area contributed by atoms with Gasteiger partial charge >= 0.3 is 6.03 Å². The number of thiophene rings is 1. The van der Waals surface area contributed by atoms with Crippen LogP contribution in [0.4, 0.5) is 10.5 Å². The van der Waals surface area contributed by atoms with Crippen LogP contribution < -0.4 is 14.8 Å². The quantitative estimate of drug-likeness (QED) is 0.549. The SMILES string of the molecule is CCc1c(C)sc2c1CCN(C(=O)Nc1ccc(OC)cc1)[C@@H]2c1ccc(OC)cc1. The molecule has 0 fully saturated rings. The number of ether oxygens (including phenoxy) is 2. The number of benzene rings is 2. The highest BCUT2D eigenvalue weighted by molar-refractivity contribution is 7.12. The smallest absolute Gasteiger partial charge is 0.322 e. The largest absolute Gasteiger partial charge is 0.497 e. The lowest BCUT2D eigenvalue weighted by molar-refractivity contribution is 0.195. The van der Waals surface area contributed by atoms with Gasteiger partial charge in [-0.25, -0.2) is 4.79 Å². The fourth-order valence-electron chi connectivity index (χ4n) is 4.32. The van der Waals surface area contributed by atoms with Gasteiger partial charge in [0.2, 0.25) is 0 Å². The molecular formula is C25H28N2O3S. The predicted octanol–water partition coefficient (Wildman–Crippen LogP) is 5.82. The molecule has 2 aromatic carbocycles. The second-order valence-electron chi connectivity index (χ2n) is 7.61. The molecule has 3 aromatic rings. The molecule has 2 heterocycles. The second-order valence-corrected chi connectivity index (χ2v) is 8.87. The summed E-state index contributed by atoms with van der Waals surface area (Å²) in [4.78, 5) is 17.9. The number of nitrogens with zero attached hydrogens (tertiary/aromatic N) is 1. The summed E-state index contributed by atoms with van der Waals surface area (Å²) in [5.41, 5.74) is 4.70. The third-order valence-electron chi connectivity index (χ3n) is 5.90. The van der Waals surface area contributed by atoms with Gasteiger partial charge in [0.05, 0.1) is 20.3 Å². The first kappa shape index (κ1) is 21.2. The maximum absolute atomic E-state index is 13.4. The number of hydrogen-bond acceptors (Lipinski definition) is 4. The highest BCUT2D eigenvalue weighted by Crippen LogP contribution is 2.43. The van der Waals surface area contributed by atoms with Gasteiger partial charge in [0.25, 0.3) is 0 Å². The van der Waals surface area contributed by atoms with Crippen molar-refractivity contribution in [2.24, 2.45) is 0 Å². The summed E-state index contributed by atoms with van der Waals surface area (Å²) < 4.78 is 10.6. The van der Waals surface area contributed by atoms with Crippen molar-refractivity contribution in [1.29, 1.82) is 0 Å². The molecule has 1 aliphatic rings. The fraction of sp³-hybridized carbons (Fsp3) is 0.320. The lowest BCUT2D eigenvalue weighted by Gasteiger charge is -2.36. The summed E-state index contributed by atoms with van der Waals surface area (Å²) >= 11 is 1.82. The molecule has 1 N–H and O–H groups in total. The van der Waals surface area contributed by atoms with Crippen molar-refractivity contribution in [3.63, 3.8) is 0 Å². The van der Waals surface area contributed by atoms with E-state index in [9.17, 15) is 4.79 Å². The number of nitrogens with one attached hydrogen (secondary N) is 1. The Morgan fingerprint density at radius 1 is 1.06 bits per heavy atom. The zero-order chi connectivity index (χ0) is 22.0. The maximum atomic E-state index is 13.4. The average molecular weight is 437 g/mol. The summed E-state index contributed by atoms with van der Waals surface area (Å²) in [6, 6.07) is 15.3. The van der Waals surface area contributed by atoms with Crippen molar-refractivity contribution in [3.8, 4) is 11.5 Å². The van der Waals surface area contributed by atoms with Crippen molar-refractivity contribution in [2.45, 2.75) is 32.7 Å². The minimum absolute atomic E-state index is 0.0965. The van der Waals surface area contributed by atoms with Crippen molar-refractivity contribution in [2.75, 3.05) is 26.1 Å². The van der Waals surface area contributed by atoms with Gasteiger partial charge in [-0.05, 0) is 72.9 Å². The van der Waals surface area contributed by atoms with Crippen LogP contribution in [0.5, 0.6) is 11.5 Å². The van der Waals surface area contributed by atoms with Crippen LogP contribution in [0.2, 0.25) is 0 Å². The Morgan fingerprint density at radius 3 is 2.26 bits per heavy atom. The number of rotatable bonds is 5. The topological polar surface area (TPSA) is 50.8 Å². The zero-order valence-electron chi connectivity index (χ0n) is 18.4. The van der Waals surface area contributed by atoms with Crippen LogP contribution in [0.25, 0.3) is 0 Å². The van der Waals surface area contributed by atoms with Crippen molar-refractivity contribution >= 4 is 23.1 Å². The fourth-order valence-corrected chi connectivity index (χ4v) is 5.76. The Morgan fingerprint density at radius 2 is 1.68 bits per heavy atom. The van der Waals surface area contributed by atoms with Crippen molar-refractivity contribution < 1.29 is 14.3 Å². The monoisotopic (exact) mass is 436 g/mol. The molecule has 0 saturated carbocycles. The Balaban J connectivity index is 1.69. The molecule has 1 atom stereocenters. The molecule has 31 heavy (non-hydrogen) atoms. The first-order chi connectivity index (χ1) is 15.0. The van der Waals surface area contributed by atoms with E-state index in [1.807, 2.05) is 52.6 Å². The zero-order valence-corrected chi connectivity index (χ0v) is 19.2. The lowest BCUT2D eigenvalue weighted by atomic mass is 9.92. The molecule has 0 bridgehead atoms. The molecule has 6 heteroatoms. The van der Waals surface area contributed by atoms with E-state index in [0.29, 0.717) is 6.54 Å². The van der Waals surface area contributed by atoms with Gasteiger partial charge in [0, 0.05) is 22.0 Å². The average Bonchev–Trinajstić information content (AvgIpc) is 3.13. The van der Waals surface area contributed by atoms with E-state index in [1.165, 1.54) is 20.9 Å².